The minimum Gasteiger partial charge on any atom is -0.481 e. The average molecular weight is 446 g/mol. The normalized spacial score (nSPS) is 10.8. The van der Waals surface area contributed by atoms with E-state index in [4.69, 9.17) is 9.84 Å². The van der Waals surface area contributed by atoms with E-state index in [0.717, 1.165) is 0 Å². The molecule has 6 nitrogen and oxygen atoms in total. The van der Waals surface area contributed by atoms with Crippen molar-refractivity contribution < 1.29 is 14.6 Å². The molecule has 0 amide bonds. The van der Waals surface area contributed by atoms with Crippen LogP contribution in [0, 0.1) is 0 Å². The minimum atomic E-state index is -0.914. The zero-order valence-electron chi connectivity index (χ0n) is 12.4. The number of rotatable bonds is 5. The number of carboxylic acid groups (broad SMARTS) is 1. The summed E-state index contributed by atoms with van der Waals surface area (Å²) >= 11 is 6.73. The quantitative estimate of drug-likeness (QED) is 0.757. The number of halogens is 2. The maximum atomic E-state index is 11.7. The fourth-order valence-electron chi connectivity index (χ4n) is 1.92. The number of benzene rings is 1. The van der Waals surface area contributed by atoms with Crippen LogP contribution in [-0.2, 0) is 11.2 Å². The van der Waals surface area contributed by atoms with Crippen molar-refractivity contribution in [1.29, 1.82) is 0 Å². The van der Waals surface area contributed by atoms with Gasteiger partial charge in [-0.2, -0.15) is 0 Å². The SMILES string of the molecule is CC(C)n1nc(Oc2c(Br)cc(CC(=O)O)cc2Br)ccc1=O. The lowest BCUT2D eigenvalue weighted by atomic mass is 10.1. The number of hydrogen-bond donors (Lipinski definition) is 1. The van der Waals surface area contributed by atoms with E-state index in [1.807, 2.05) is 13.8 Å². The van der Waals surface area contributed by atoms with E-state index in [2.05, 4.69) is 37.0 Å². The molecule has 0 bridgehead atoms. The number of ether oxygens (including phenoxy) is 1. The molecule has 0 aliphatic heterocycles. The highest BCUT2D eigenvalue weighted by Gasteiger charge is 2.13. The first-order chi connectivity index (χ1) is 10.8. The van der Waals surface area contributed by atoms with Crippen LogP contribution in [0.3, 0.4) is 0 Å². The summed E-state index contributed by atoms with van der Waals surface area (Å²) < 4.78 is 8.24. The lowest BCUT2D eigenvalue weighted by Crippen LogP contribution is -2.23. The zero-order valence-corrected chi connectivity index (χ0v) is 15.6. The zero-order chi connectivity index (χ0) is 17.1. The first kappa shape index (κ1) is 17.7. The van der Waals surface area contributed by atoms with Gasteiger partial charge in [0.05, 0.1) is 21.4 Å². The summed E-state index contributed by atoms with van der Waals surface area (Å²) in [6, 6.07) is 6.14. The largest absolute Gasteiger partial charge is 0.481 e. The van der Waals surface area contributed by atoms with Gasteiger partial charge in [-0.1, -0.05) is 0 Å². The van der Waals surface area contributed by atoms with Crippen molar-refractivity contribution in [2.24, 2.45) is 0 Å². The minimum absolute atomic E-state index is 0.0872. The second kappa shape index (κ2) is 7.27. The Balaban J connectivity index is 2.35. The Bertz CT molecular complexity index is 779. The third kappa shape index (κ3) is 4.42. The molecule has 23 heavy (non-hydrogen) atoms. The molecule has 8 heteroatoms. The molecule has 0 fully saturated rings. The second-order valence-corrected chi connectivity index (χ2v) is 6.82. The molecule has 0 unspecified atom stereocenters. The van der Waals surface area contributed by atoms with Gasteiger partial charge in [0.1, 0.15) is 0 Å². The van der Waals surface area contributed by atoms with Crippen LogP contribution in [0.5, 0.6) is 11.6 Å². The van der Waals surface area contributed by atoms with Crippen LogP contribution in [0.4, 0.5) is 0 Å². The van der Waals surface area contributed by atoms with Crippen LogP contribution in [0.25, 0.3) is 0 Å². The number of carbonyl (C=O) groups is 1. The highest BCUT2D eigenvalue weighted by atomic mass is 79.9. The lowest BCUT2D eigenvalue weighted by Gasteiger charge is -2.13. The topological polar surface area (TPSA) is 81.4 Å². The smallest absolute Gasteiger partial charge is 0.307 e. The fraction of sp³-hybridized carbons (Fsp3) is 0.267. The molecular weight excluding hydrogens is 432 g/mol. The first-order valence-corrected chi connectivity index (χ1v) is 8.34. The van der Waals surface area contributed by atoms with Crippen LogP contribution >= 0.6 is 31.9 Å². The van der Waals surface area contributed by atoms with Gasteiger partial charge in [-0.05, 0) is 63.4 Å². The molecule has 1 aromatic heterocycles. The molecule has 0 spiro atoms. The van der Waals surface area contributed by atoms with Gasteiger partial charge in [-0.15, -0.1) is 5.10 Å². The fourth-order valence-corrected chi connectivity index (χ4v) is 3.37. The summed E-state index contributed by atoms with van der Waals surface area (Å²) in [6.45, 7) is 3.70. The molecule has 1 heterocycles. The van der Waals surface area contributed by atoms with E-state index in [-0.39, 0.29) is 23.9 Å². The van der Waals surface area contributed by atoms with Gasteiger partial charge >= 0.3 is 5.97 Å². The molecule has 0 aliphatic rings. The van der Waals surface area contributed by atoms with Crippen molar-refractivity contribution in [2.75, 3.05) is 0 Å². The molecular formula is C15H14Br2N2O4. The molecule has 2 rings (SSSR count). The Morgan fingerprint density at radius 3 is 2.43 bits per heavy atom. The first-order valence-electron chi connectivity index (χ1n) is 6.75. The van der Waals surface area contributed by atoms with Crippen molar-refractivity contribution in [3.63, 3.8) is 0 Å². The third-order valence-corrected chi connectivity index (χ3v) is 4.09. The van der Waals surface area contributed by atoms with E-state index in [0.29, 0.717) is 20.3 Å². The van der Waals surface area contributed by atoms with Crippen molar-refractivity contribution in [3.8, 4) is 11.6 Å². The van der Waals surface area contributed by atoms with Gasteiger partial charge in [0.25, 0.3) is 5.56 Å². The Morgan fingerprint density at radius 2 is 1.91 bits per heavy atom. The Hall–Kier alpha value is -1.67. The molecule has 122 valence electrons. The maximum Gasteiger partial charge on any atom is 0.307 e. The highest BCUT2D eigenvalue weighted by Crippen LogP contribution is 2.37. The van der Waals surface area contributed by atoms with Crippen LogP contribution in [0.1, 0.15) is 25.5 Å². The molecule has 1 aromatic carbocycles. The summed E-state index contributed by atoms with van der Waals surface area (Å²) in [5.41, 5.74) is 0.422. The van der Waals surface area contributed by atoms with Crippen molar-refractivity contribution >= 4 is 37.8 Å². The molecule has 1 N–H and O–H groups in total. The van der Waals surface area contributed by atoms with Crippen LogP contribution < -0.4 is 10.3 Å². The van der Waals surface area contributed by atoms with E-state index in [1.54, 1.807) is 12.1 Å². The number of nitrogens with zero attached hydrogens (tertiary/aromatic N) is 2. The van der Waals surface area contributed by atoms with Crippen molar-refractivity contribution in [3.05, 3.63) is 49.1 Å². The monoisotopic (exact) mass is 444 g/mol. The summed E-state index contributed by atoms with van der Waals surface area (Å²) in [4.78, 5) is 22.5. The third-order valence-electron chi connectivity index (χ3n) is 2.91. The highest BCUT2D eigenvalue weighted by molar-refractivity contribution is 9.11. The van der Waals surface area contributed by atoms with Gasteiger partial charge < -0.3 is 9.84 Å². The predicted molar refractivity (Wildman–Crippen MR) is 92.1 cm³/mol. The molecule has 0 radical (unpaired) electrons. The van der Waals surface area contributed by atoms with Gasteiger partial charge in [-0.25, -0.2) is 4.68 Å². The van der Waals surface area contributed by atoms with Crippen molar-refractivity contribution in [2.45, 2.75) is 26.3 Å². The Kier molecular flexibility index (Phi) is 5.59. The number of aromatic nitrogens is 2. The predicted octanol–water partition coefficient (Wildman–Crippen LogP) is 3.77. The summed E-state index contributed by atoms with van der Waals surface area (Å²) in [7, 11) is 0. The molecule has 2 aromatic rings. The van der Waals surface area contributed by atoms with Gasteiger partial charge in [-0.3, -0.25) is 9.59 Å². The summed E-state index contributed by atoms with van der Waals surface area (Å²) in [5.74, 6) is -0.186. The molecule has 0 atom stereocenters. The Labute approximate surface area is 149 Å². The van der Waals surface area contributed by atoms with Gasteiger partial charge in [0.15, 0.2) is 5.75 Å². The van der Waals surface area contributed by atoms with E-state index >= 15 is 0 Å². The number of aliphatic carboxylic acids is 1. The van der Waals surface area contributed by atoms with Gasteiger partial charge in [0.2, 0.25) is 5.88 Å². The second-order valence-electron chi connectivity index (χ2n) is 5.11. The summed E-state index contributed by atoms with van der Waals surface area (Å²) in [5, 5.41) is 13.0. The van der Waals surface area contributed by atoms with Gasteiger partial charge in [0, 0.05) is 12.1 Å². The average Bonchev–Trinajstić information content (AvgIpc) is 2.43. The molecule has 0 saturated heterocycles. The Morgan fingerprint density at radius 1 is 1.30 bits per heavy atom. The summed E-state index contributed by atoms with van der Waals surface area (Å²) in [6.07, 6.45) is -0.0893. The maximum absolute atomic E-state index is 11.7. The van der Waals surface area contributed by atoms with Crippen LogP contribution in [0.2, 0.25) is 0 Å². The number of hydrogen-bond acceptors (Lipinski definition) is 4. The van der Waals surface area contributed by atoms with Crippen LogP contribution in [0.15, 0.2) is 38.0 Å². The van der Waals surface area contributed by atoms with E-state index < -0.39 is 5.97 Å². The van der Waals surface area contributed by atoms with Crippen LogP contribution in [-0.4, -0.2) is 20.9 Å². The van der Waals surface area contributed by atoms with Crippen molar-refractivity contribution in [1.82, 2.24) is 9.78 Å². The lowest BCUT2D eigenvalue weighted by molar-refractivity contribution is -0.136. The number of carboxylic acids is 1. The van der Waals surface area contributed by atoms with E-state index in [9.17, 15) is 9.59 Å². The molecule has 0 saturated carbocycles. The van der Waals surface area contributed by atoms with E-state index in [1.165, 1.54) is 16.8 Å². The standard InChI is InChI=1S/C15H14Br2N2O4/c1-8(2)19-13(20)4-3-12(18-19)23-15-10(16)5-9(6-11(15)17)7-14(21)22/h3-6,8H,7H2,1-2H3,(H,21,22). The molecule has 0 aliphatic carbocycles.